The molecule has 6 heteroatoms. The zero-order chi connectivity index (χ0) is 21.1. The number of benzene rings is 2. The van der Waals surface area contributed by atoms with Crippen LogP contribution in [-0.2, 0) is 4.79 Å². The van der Waals surface area contributed by atoms with Gasteiger partial charge in [-0.3, -0.25) is 9.59 Å². The molecular weight excluding hydrogens is 368 g/mol. The summed E-state index contributed by atoms with van der Waals surface area (Å²) < 4.78 is 11.2. The van der Waals surface area contributed by atoms with Crippen LogP contribution in [0.25, 0.3) is 0 Å². The molecule has 0 radical (unpaired) electrons. The first-order valence-corrected chi connectivity index (χ1v) is 10.1. The van der Waals surface area contributed by atoms with Crippen LogP contribution >= 0.6 is 0 Å². The van der Waals surface area contributed by atoms with Crippen LogP contribution in [0.15, 0.2) is 48.5 Å². The second kappa shape index (κ2) is 11.7. The number of carbonyl (C=O) groups is 2. The van der Waals surface area contributed by atoms with E-state index in [1.54, 1.807) is 12.1 Å². The Balaban J connectivity index is 1.79. The first kappa shape index (κ1) is 22.3. The smallest absolute Gasteiger partial charge is 0.251 e. The highest BCUT2D eigenvalue weighted by Gasteiger charge is 2.13. The highest BCUT2D eigenvalue weighted by molar-refractivity contribution is 5.94. The van der Waals surface area contributed by atoms with Crippen molar-refractivity contribution in [2.45, 2.75) is 39.7 Å². The van der Waals surface area contributed by atoms with Crippen molar-refractivity contribution in [2.24, 2.45) is 0 Å². The summed E-state index contributed by atoms with van der Waals surface area (Å²) in [6, 6.07) is 14.6. The van der Waals surface area contributed by atoms with E-state index in [0.29, 0.717) is 49.7 Å². The van der Waals surface area contributed by atoms with Gasteiger partial charge in [0.1, 0.15) is 0 Å². The number of carbonyl (C=O) groups excluding carboxylic acids is 2. The monoisotopic (exact) mass is 398 g/mol. The maximum atomic E-state index is 12.2. The molecule has 2 aromatic rings. The van der Waals surface area contributed by atoms with Crippen molar-refractivity contribution in [1.29, 1.82) is 0 Å². The van der Waals surface area contributed by atoms with E-state index in [1.165, 1.54) is 0 Å². The predicted molar refractivity (Wildman–Crippen MR) is 113 cm³/mol. The second-order valence-electron chi connectivity index (χ2n) is 6.59. The maximum absolute atomic E-state index is 12.2. The topological polar surface area (TPSA) is 76.7 Å². The third-order valence-electron chi connectivity index (χ3n) is 4.35. The average molecular weight is 399 g/mol. The summed E-state index contributed by atoms with van der Waals surface area (Å²) in [5.74, 6) is 1.19. The number of nitrogens with one attached hydrogen (secondary N) is 2. The van der Waals surface area contributed by atoms with Crippen LogP contribution in [0.5, 0.6) is 11.5 Å². The Morgan fingerprint density at radius 2 is 1.66 bits per heavy atom. The molecule has 0 saturated heterocycles. The van der Waals surface area contributed by atoms with Crippen molar-refractivity contribution in [3.05, 3.63) is 59.7 Å². The minimum absolute atomic E-state index is 0.0571. The lowest BCUT2D eigenvalue weighted by molar-refractivity contribution is -0.121. The molecule has 6 nitrogen and oxygen atoms in total. The minimum Gasteiger partial charge on any atom is -0.490 e. The fourth-order valence-electron chi connectivity index (χ4n) is 2.88. The van der Waals surface area contributed by atoms with E-state index in [-0.39, 0.29) is 17.9 Å². The van der Waals surface area contributed by atoms with Crippen molar-refractivity contribution < 1.29 is 19.1 Å². The van der Waals surface area contributed by atoms with E-state index < -0.39 is 0 Å². The van der Waals surface area contributed by atoms with Crippen LogP contribution < -0.4 is 20.1 Å². The number of hydrogen-bond donors (Lipinski definition) is 2. The van der Waals surface area contributed by atoms with Crippen LogP contribution in [0.3, 0.4) is 0 Å². The van der Waals surface area contributed by atoms with Crippen molar-refractivity contribution in [1.82, 2.24) is 10.6 Å². The maximum Gasteiger partial charge on any atom is 0.251 e. The Hall–Kier alpha value is -3.02. The summed E-state index contributed by atoms with van der Waals surface area (Å²) in [5.41, 5.74) is 1.56. The van der Waals surface area contributed by atoms with Gasteiger partial charge >= 0.3 is 0 Å². The molecule has 29 heavy (non-hydrogen) atoms. The van der Waals surface area contributed by atoms with Gasteiger partial charge in [0, 0.05) is 18.5 Å². The summed E-state index contributed by atoms with van der Waals surface area (Å²) in [5, 5.41) is 5.82. The fourth-order valence-corrected chi connectivity index (χ4v) is 2.88. The predicted octanol–water partition coefficient (Wildman–Crippen LogP) is 3.87. The lowest BCUT2D eigenvalue weighted by Gasteiger charge is -2.17. The Bertz CT molecular complexity index is 793. The second-order valence-corrected chi connectivity index (χ2v) is 6.59. The molecule has 0 heterocycles. The Morgan fingerprint density at radius 1 is 0.966 bits per heavy atom. The molecule has 0 fully saturated rings. The van der Waals surface area contributed by atoms with E-state index in [1.807, 2.05) is 57.2 Å². The third kappa shape index (κ3) is 7.14. The van der Waals surface area contributed by atoms with E-state index >= 15 is 0 Å². The zero-order valence-corrected chi connectivity index (χ0v) is 17.4. The van der Waals surface area contributed by atoms with Gasteiger partial charge in [-0.15, -0.1) is 0 Å². The van der Waals surface area contributed by atoms with Crippen molar-refractivity contribution in [2.75, 3.05) is 19.8 Å². The number of rotatable bonds is 11. The van der Waals surface area contributed by atoms with E-state index in [4.69, 9.17) is 9.47 Å². The molecule has 0 spiro atoms. The Kier molecular flexibility index (Phi) is 9.02. The summed E-state index contributed by atoms with van der Waals surface area (Å²) >= 11 is 0. The SMILES string of the molecule is CCOc1ccc(C(C)NC(=O)CCCNC(=O)c2ccccc2)cc1OCC. The molecule has 2 aromatic carbocycles. The summed E-state index contributed by atoms with van der Waals surface area (Å²) in [6.45, 7) is 7.33. The van der Waals surface area contributed by atoms with E-state index in [9.17, 15) is 9.59 Å². The lowest BCUT2D eigenvalue weighted by Crippen LogP contribution is -2.29. The van der Waals surface area contributed by atoms with Gasteiger partial charge in [-0.05, 0) is 57.0 Å². The summed E-state index contributed by atoms with van der Waals surface area (Å²) in [4.78, 5) is 24.2. The van der Waals surface area contributed by atoms with Gasteiger partial charge in [-0.25, -0.2) is 0 Å². The van der Waals surface area contributed by atoms with Crippen LogP contribution in [-0.4, -0.2) is 31.6 Å². The average Bonchev–Trinajstić information content (AvgIpc) is 2.73. The molecule has 2 N–H and O–H groups in total. The van der Waals surface area contributed by atoms with Crippen LogP contribution in [0.2, 0.25) is 0 Å². The van der Waals surface area contributed by atoms with E-state index in [2.05, 4.69) is 10.6 Å². The van der Waals surface area contributed by atoms with Crippen LogP contribution in [0.4, 0.5) is 0 Å². The molecule has 2 amide bonds. The number of hydrogen-bond acceptors (Lipinski definition) is 4. The molecule has 0 aliphatic carbocycles. The molecule has 0 saturated carbocycles. The summed E-state index contributed by atoms with van der Waals surface area (Å²) in [7, 11) is 0. The van der Waals surface area contributed by atoms with Crippen molar-refractivity contribution in [3.8, 4) is 11.5 Å². The van der Waals surface area contributed by atoms with Gasteiger partial charge in [0.15, 0.2) is 11.5 Å². The van der Waals surface area contributed by atoms with Gasteiger partial charge in [0.2, 0.25) is 5.91 Å². The van der Waals surface area contributed by atoms with Crippen LogP contribution in [0, 0.1) is 0 Å². The van der Waals surface area contributed by atoms with Gasteiger partial charge in [0.25, 0.3) is 5.91 Å². The molecule has 1 atom stereocenters. The highest BCUT2D eigenvalue weighted by Crippen LogP contribution is 2.30. The summed E-state index contributed by atoms with van der Waals surface area (Å²) in [6.07, 6.45) is 0.916. The molecular formula is C23H30N2O4. The largest absolute Gasteiger partial charge is 0.490 e. The van der Waals surface area contributed by atoms with Gasteiger partial charge in [-0.1, -0.05) is 24.3 Å². The molecule has 0 aliphatic rings. The normalized spacial score (nSPS) is 11.4. The molecule has 0 bridgehead atoms. The van der Waals surface area contributed by atoms with Gasteiger partial charge < -0.3 is 20.1 Å². The standard InChI is InChI=1S/C23H30N2O4/c1-4-28-20-14-13-19(16-21(20)29-5-2)17(3)25-22(26)12-9-15-24-23(27)18-10-7-6-8-11-18/h6-8,10-11,13-14,16-17H,4-5,9,12,15H2,1-3H3,(H,24,27)(H,25,26). The number of ether oxygens (including phenoxy) is 2. The van der Waals surface area contributed by atoms with Gasteiger partial charge in [0.05, 0.1) is 19.3 Å². The fraction of sp³-hybridized carbons (Fsp3) is 0.391. The van der Waals surface area contributed by atoms with Gasteiger partial charge in [-0.2, -0.15) is 0 Å². The highest BCUT2D eigenvalue weighted by atomic mass is 16.5. The van der Waals surface area contributed by atoms with E-state index in [0.717, 1.165) is 5.56 Å². The molecule has 1 unspecified atom stereocenters. The van der Waals surface area contributed by atoms with Crippen molar-refractivity contribution in [3.63, 3.8) is 0 Å². The molecule has 0 aromatic heterocycles. The third-order valence-corrected chi connectivity index (χ3v) is 4.35. The quantitative estimate of drug-likeness (QED) is 0.564. The Labute approximate surface area is 172 Å². The molecule has 0 aliphatic heterocycles. The number of amides is 2. The first-order chi connectivity index (χ1) is 14.0. The van der Waals surface area contributed by atoms with Crippen molar-refractivity contribution >= 4 is 11.8 Å². The first-order valence-electron chi connectivity index (χ1n) is 10.1. The molecule has 156 valence electrons. The lowest BCUT2D eigenvalue weighted by atomic mass is 10.1. The minimum atomic E-state index is -0.156. The van der Waals surface area contributed by atoms with Crippen LogP contribution in [0.1, 0.15) is 55.6 Å². The Morgan fingerprint density at radius 3 is 2.34 bits per heavy atom. The molecule has 2 rings (SSSR count). The zero-order valence-electron chi connectivity index (χ0n) is 17.4.